The van der Waals surface area contributed by atoms with Crippen molar-refractivity contribution >= 4 is 23.5 Å². The fourth-order valence-corrected chi connectivity index (χ4v) is 4.18. The summed E-state index contributed by atoms with van der Waals surface area (Å²) in [6.45, 7) is 12.2. The Morgan fingerprint density at radius 1 is 1.13 bits per heavy atom. The molecule has 204 valence electrons. The molecule has 0 bridgehead atoms. The second-order valence-corrected chi connectivity index (χ2v) is 10.2. The third-order valence-electron chi connectivity index (χ3n) is 6.03. The molecule has 0 aliphatic heterocycles. The number of halogens is 1. The Morgan fingerprint density at radius 3 is 2.45 bits per heavy atom. The van der Waals surface area contributed by atoms with Crippen molar-refractivity contribution in [1.29, 1.82) is 0 Å². The van der Waals surface area contributed by atoms with Crippen LogP contribution in [0.5, 0.6) is 5.75 Å². The molecule has 0 radical (unpaired) electrons. The summed E-state index contributed by atoms with van der Waals surface area (Å²) in [5, 5.41) is 3.82. The topological polar surface area (TPSA) is 93.9 Å². The summed E-state index contributed by atoms with van der Waals surface area (Å²) in [7, 11) is 1.74. The maximum absolute atomic E-state index is 12.8. The number of ether oxygens (including phenoxy) is 2. The molecule has 9 heteroatoms. The van der Waals surface area contributed by atoms with Gasteiger partial charge in [0.15, 0.2) is 5.60 Å². The Hall–Kier alpha value is -3.36. The van der Waals surface area contributed by atoms with Gasteiger partial charge in [0.25, 0.3) is 0 Å². The van der Waals surface area contributed by atoms with E-state index >= 15 is 0 Å². The summed E-state index contributed by atoms with van der Waals surface area (Å²) in [5.74, 6) is 1.31. The van der Waals surface area contributed by atoms with Crippen molar-refractivity contribution < 1.29 is 23.5 Å². The lowest BCUT2D eigenvalue weighted by molar-refractivity contribution is -0.158. The van der Waals surface area contributed by atoms with E-state index in [4.69, 9.17) is 25.5 Å². The zero-order valence-corrected chi connectivity index (χ0v) is 23.9. The van der Waals surface area contributed by atoms with Gasteiger partial charge in [-0.3, -0.25) is 4.79 Å². The van der Waals surface area contributed by atoms with Crippen LogP contribution in [-0.4, -0.2) is 47.6 Å². The van der Waals surface area contributed by atoms with Crippen LogP contribution in [-0.2, 0) is 27.4 Å². The van der Waals surface area contributed by atoms with Crippen LogP contribution in [0.4, 0.5) is 0 Å². The standard InChI is InChI=1S/C29H36ClN3O5/c1-8-36-28(35)29(5,6)38-26-18(2)12-21(13-19(26)3)15-31-16-25(34)33(7)17-24-20(4)37-27(32-24)22-10-9-11-23(30)14-22/h9-14,31H,8,15-17H2,1-7H3. The highest BCUT2D eigenvalue weighted by Gasteiger charge is 2.32. The second kappa shape index (κ2) is 12.5. The van der Waals surface area contributed by atoms with Crippen molar-refractivity contribution in [3.05, 3.63) is 69.6 Å². The van der Waals surface area contributed by atoms with Gasteiger partial charge in [-0.15, -0.1) is 0 Å². The first-order valence-corrected chi connectivity index (χ1v) is 12.9. The third-order valence-corrected chi connectivity index (χ3v) is 6.26. The van der Waals surface area contributed by atoms with Crippen LogP contribution < -0.4 is 10.1 Å². The molecular formula is C29H36ClN3O5. The number of nitrogens with zero attached hydrogens (tertiary/aromatic N) is 2. The first kappa shape index (κ1) is 29.2. The highest BCUT2D eigenvalue weighted by atomic mass is 35.5. The predicted molar refractivity (Wildman–Crippen MR) is 147 cm³/mol. The number of aryl methyl sites for hydroxylation is 3. The van der Waals surface area contributed by atoms with Gasteiger partial charge in [0.1, 0.15) is 17.2 Å². The highest BCUT2D eigenvalue weighted by Crippen LogP contribution is 2.29. The molecule has 8 nitrogen and oxygen atoms in total. The molecule has 1 N–H and O–H groups in total. The van der Waals surface area contributed by atoms with Gasteiger partial charge in [-0.2, -0.15) is 0 Å². The number of amides is 1. The maximum Gasteiger partial charge on any atom is 0.349 e. The van der Waals surface area contributed by atoms with Crippen LogP contribution in [0.1, 0.15) is 48.9 Å². The zero-order chi connectivity index (χ0) is 28.0. The number of benzene rings is 2. The van der Waals surface area contributed by atoms with Crippen LogP contribution >= 0.6 is 11.6 Å². The number of rotatable bonds is 11. The van der Waals surface area contributed by atoms with Crippen LogP contribution in [0, 0.1) is 20.8 Å². The summed E-state index contributed by atoms with van der Waals surface area (Å²) in [6.07, 6.45) is 0. The minimum atomic E-state index is -1.10. The van der Waals surface area contributed by atoms with Gasteiger partial charge in [-0.1, -0.05) is 29.8 Å². The Bertz CT molecular complexity index is 1280. The average molecular weight is 542 g/mol. The van der Waals surface area contributed by atoms with E-state index in [1.165, 1.54) is 0 Å². The largest absolute Gasteiger partial charge is 0.476 e. The molecule has 1 aromatic heterocycles. The molecule has 2 aromatic carbocycles. The number of nitrogens with one attached hydrogen (secondary N) is 1. The number of oxazole rings is 1. The van der Waals surface area contributed by atoms with E-state index in [0.29, 0.717) is 47.8 Å². The van der Waals surface area contributed by atoms with Crippen LogP contribution in [0.25, 0.3) is 11.5 Å². The van der Waals surface area contributed by atoms with Crippen molar-refractivity contribution in [2.24, 2.45) is 0 Å². The number of esters is 1. The van der Waals surface area contributed by atoms with Crippen molar-refractivity contribution in [2.45, 2.75) is 60.2 Å². The molecular weight excluding hydrogens is 506 g/mol. The average Bonchev–Trinajstić information content (AvgIpc) is 3.21. The summed E-state index contributed by atoms with van der Waals surface area (Å²) in [4.78, 5) is 31.2. The molecule has 0 saturated carbocycles. The van der Waals surface area contributed by atoms with Crippen LogP contribution in [0.15, 0.2) is 40.8 Å². The molecule has 1 amide bonds. The molecule has 0 fully saturated rings. The molecule has 38 heavy (non-hydrogen) atoms. The van der Waals surface area contributed by atoms with Crippen molar-refractivity contribution in [3.8, 4) is 17.2 Å². The van der Waals surface area contributed by atoms with E-state index < -0.39 is 11.6 Å². The number of hydrogen-bond acceptors (Lipinski definition) is 7. The lowest BCUT2D eigenvalue weighted by Crippen LogP contribution is -2.40. The van der Waals surface area contributed by atoms with Gasteiger partial charge in [-0.05, 0) is 76.4 Å². The van der Waals surface area contributed by atoms with Gasteiger partial charge in [0.2, 0.25) is 11.8 Å². The Balaban J connectivity index is 1.56. The summed E-state index contributed by atoms with van der Waals surface area (Å²) in [5.41, 5.74) is 3.20. The normalized spacial score (nSPS) is 11.4. The SMILES string of the molecule is CCOC(=O)C(C)(C)Oc1c(C)cc(CNCC(=O)N(C)Cc2nc(-c3cccc(Cl)c3)oc2C)cc1C. The van der Waals surface area contributed by atoms with E-state index in [-0.39, 0.29) is 12.5 Å². The van der Waals surface area contributed by atoms with E-state index in [1.54, 1.807) is 44.9 Å². The summed E-state index contributed by atoms with van der Waals surface area (Å²) < 4.78 is 17.0. The summed E-state index contributed by atoms with van der Waals surface area (Å²) in [6, 6.07) is 11.3. The highest BCUT2D eigenvalue weighted by molar-refractivity contribution is 6.30. The molecule has 1 heterocycles. The quantitative estimate of drug-likeness (QED) is 0.325. The minimum absolute atomic E-state index is 0.0683. The number of likely N-dealkylation sites (N-methyl/N-ethyl adjacent to an activating group) is 1. The number of aromatic nitrogens is 1. The Kier molecular flexibility index (Phi) is 9.57. The predicted octanol–water partition coefficient (Wildman–Crippen LogP) is 5.39. The monoisotopic (exact) mass is 541 g/mol. The van der Waals surface area contributed by atoms with E-state index in [9.17, 15) is 9.59 Å². The smallest absolute Gasteiger partial charge is 0.349 e. The number of carbonyl (C=O) groups excluding carboxylic acids is 2. The Morgan fingerprint density at radius 2 is 1.82 bits per heavy atom. The van der Waals surface area contributed by atoms with E-state index in [2.05, 4.69) is 10.3 Å². The molecule has 3 aromatic rings. The van der Waals surface area contributed by atoms with Gasteiger partial charge in [0, 0.05) is 24.2 Å². The van der Waals surface area contributed by atoms with Gasteiger partial charge < -0.3 is 24.1 Å². The lowest BCUT2D eigenvalue weighted by Gasteiger charge is -2.26. The number of carbonyl (C=O) groups is 2. The molecule has 3 rings (SSSR count). The maximum atomic E-state index is 12.8. The molecule has 0 unspecified atom stereocenters. The van der Waals surface area contributed by atoms with Crippen LogP contribution in [0.2, 0.25) is 5.02 Å². The van der Waals surface area contributed by atoms with Crippen molar-refractivity contribution in [3.63, 3.8) is 0 Å². The zero-order valence-electron chi connectivity index (χ0n) is 23.1. The fraction of sp³-hybridized carbons (Fsp3) is 0.414. The number of hydrogen-bond donors (Lipinski definition) is 1. The third kappa shape index (κ3) is 7.36. The Labute approximate surface area is 229 Å². The molecule has 0 aliphatic carbocycles. The fourth-order valence-electron chi connectivity index (χ4n) is 3.99. The first-order chi connectivity index (χ1) is 17.9. The summed E-state index contributed by atoms with van der Waals surface area (Å²) >= 11 is 6.08. The molecule has 0 atom stereocenters. The van der Waals surface area contributed by atoms with Crippen molar-refractivity contribution in [1.82, 2.24) is 15.2 Å². The molecule has 0 saturated heterocycles. The van der Waals surface area contributed by atoms with Crippen LogP contribution in [0.3, 0.4) is 0 Å². The van der Waals surface area contributed by atoms with Gasteiger partial charge in [-0.25, -0.2) is 9.78 Å². The molecule has 0 aliphatic rings. The van der Waals surface area contributed by atoms with Gasteiger partial charge in [0.05, 0.1) is 19.7 Å². The lowest BCUT2D eigenvalue weighted by atomic mass is 10.0. The van der Waals surface area contributed by atoms with E-state index in [1.807, 2.05) is 45.0 Å². The first-order valence-electron chi connectivity index (χ1n) is 12.5. The minimum Gasteiger partial charge on any atom is -0.476 e. The molecule has 0 spiro atoms. The van der Waals surface area contributed by atoms with Crippen molar-refractivity contribution in [2.75, 3.05) is 20.2 Å². The second-order valence-electron chi connectivity index (χ2n) is 9.78. The van der Waals surface area contributed by atoms with Gasteiger partial charge >= 0.3 is 5.97 Å². The van der Waals surface area contributed by atoms with E-state index in [0.717, 1.165) is 22.3 Å².